The van der Waals surface area contributed by atoms with Gasteiger partial charge < -0.3 is 19.1 Å². The van der Waals surface area contributed by atoms with E-state index in [1.54, 1.807) is 6.26 Å². The first-order chi connectivity index (χ1) is 15.2. The summed E-state index contributed by atoms with van der Waals surface area (Å²) in [4.78, 5) is 3.72. The molecule has 2 aromatic rings. The Balaban J connectivity index is 1.27. The van der Waals surface area contributed by atoms with Gasteiger partial charge in [0.1, 0.15) is 12.0 Å². The van der Waals surface area contributed by atoms with Gasteiger partial charge in [0, 0.05) is 28.6 Å². The molecule has 0 saturated carbocycles. The minimum absolute atomic E-state index is 0.235. The molecule has 5 rings (SSSR count). The predicted molar refractivity (Wildman–Crippen MR) is 125 cm³/mol. The molecule has 2 aromatic carbocycles. The summed E-state index contributed by atoms with van der Waals surface area (Å²) in [7, 11) is 2.28. The van der Waals surface area contributed by atoms with Crippen molar-refractivity contribution in [3.05, 3.63) is 71.1 Å². The average molecular weight is 458 g/mol. The first-order valence-electron chi connectivity index (χ1n) is 11.0. The van der Waals surface area contributed by atoms with Gasteiger partial charge in [0.25, 0.3) is 0 Å². The van der Waals surface area contributed by atoms with Crippen molar-refractivity contribution in [3.63, 3.8) is 0 Å². The van der Waals surface area contributed by atoms with Crippen molar-refractivity contribution < 1.29 is 14.2 Å². The summed E-state index contributed by atoms with van der Waals surface area (Å²) in [6.45, 7) is 0.235. The molecule has 2 bridgehead atoms. The summed E-state index contributed by atoms with van der Waals surface area (Å²) in [6.07, 6.45) is 7.25. The Morgan fingerprint density at radius 3 is 2.58 bits per heavy atom. The zero-order valence-corrected chi connectivity index (χ0v) is 19.3. The molecule has 3 aliphatic rings. The molecule has 0 N–H and O–H groups in total. The lowest BCUT2D eigenvalue weighted by atomic mass is 10.0. The maximum Gasteiger partial charge on any atom is 0.230 e. The number of hydrogen-bond donors (Lipinski definition) is 0. The van der Waals surface area contributed by atoms with E-state index in [2.05, 4.69) is 30.1 Å². The second-order valence-electron chi connectivity index (χ2n) is 8.60. The van der Waals surface area contributed by atoms with Crippen LogP contribution in [-0.4, -0.2) is 42.2 Å². The fraction of sp³-hybridized carbons (Fsp3) is 0.440. The number of benzene rings is 2. The van der Waals surface area contributed by atoms with Crippen LogP contribution in [0.25, 0.3) is 0 Å². The van der Waals surface area contributed by atoms with E-state index >= 15 is 0 Å². The molecule has 0 aromatic heterocycles. The smallest absolute Gasteiger partial charge is 0.230 e. The lowest BCUT2D eigenvalue weighted by Gasteiger charge is -2.36. The van der Waals surface area contributed by atoms with E-state index in [-0.39, 0.29) is 12.9 Å². The second-order valence-corrected chi connectivity index (χ2v) is 10.3. The van der Waals surface area contributed by atoms with E-state index in [0.717, 1.165) is 27.8 Å². The SMILES string of the molecule is CN1C2CCC1CC(Sc1ccc(OC(Cc3ccccc3)C3=COCO3)cc1Cl)C2. The van der Waals surface area contributed by atoms with E-state index in [0.29, 0.717) is 17.4 Å². The fourth-order valence-corrected chi connectivity index (χ4v) is 6.52. The summed E-state index contributed by atoms with van der Waals surface area (Å²) in [5, 5.41) is 1.39. The van der Waals surface area contributed by atoms with Crippen LogP contribution in [0.1, 0.15) is 31.2 Å². The van der Waals surface area contributed by atoms with E-state index in [1.807, 2.05) is 42.1 Å². The van der Waals surface area contributed by atoms with Crippen LogP contribution in [0.2, 0.25) is 5.02 Å². The van der Waals surface area contributed by atoms with Crippen molar-refractivity contribution in [1.82, 2.24) is 4.90 Å². The molecule has 3 aliphatic heterocycles. The van der Waals surface area contributed by atoms with Crippen LogP contribution in [-0.2, 0) is 15.9 Å². The number of thioether (sulfide) groups is 1. The van der Waals surface area contributed by atoms with Gasteiger partial charge in [0.05, 0.1) is 5.02 Å². The Morgan fingerprint density at radius 2 is 1.90 bits per heavy atom. The molecule has 0 spiro atoms. The standard InChI is InChI=1S/C25H28ClNO3S/c1-27-18-7-8-19(27)13-21(12-18)31-25-10-9-20(14-22(25)26)30-23(24-15-28-16-29-24)11-17-5-3-2-4-6-17/h2-6,9-10,14-15,18-19,21,23H,7-8,11-13,16H2,1H3. The maximum atomic E-state index is 6.69. The van der Waals surface area contributed by atoms with E-state index in [1.165, 1.54) is 31.2 Å². The molecule has 3 atom stereocenters. The van der Waals surface area contributed by atoms with Gasteiger partial charge in [0.2, 0.25) is 6.79 Å². The van der Waals surface area contributed by atoms with Crippen molar-refractivity contribution in [1.29, 1.82) is 0 Å². The second kappa shape index (κ2) is 9.35. The van der Waals surface area contributed by atoms with Crippen LogP contribution in [0.3, 0.4) is 0 Å². The molecule has 2 saturated heterocycles. The number of fused-ring (bicyclic) bond motifs is 2. The van der Waals surface area contributed by atoms with Gasteiger partial charge in [-0.15, -0.1) is 11.8 Å². The molecule has 0 amide bonds. The topological polar surface area (TPSA) is 30.9 Å². The molecule has 3 unspecified atom stereocenters. The van der Waals surface area contributed by atoms with Gasteiger partial charge in [-0.3, -0.25) is 0 Å². The zero-order chi connectivity index (χ0) is 21.2. The normalized spacial score (nSPS) is 26.1. The Kier molecular flexibility index (Phi) is 6.35. The van der Waals surface area contributed by atoms with Crippen LogP contribution in [0.5, 0.6) is 5.75 Å². The zero-order valence-electron chi connectivity index (χ0n) is 17.7. The number of halogens is 1. The number of nitrogens with zero attached hydrogens (tertiary/aromatic N) is 1. The Bertz CT molecular complexity index is 924. The van der Waals surface area contributed by atoms with Crippen molar-refractivity contribution >= 4 is 23.4 Å². The molecule has 164 valence electrons. The fourth-order valence-electron chi connectivity index (χ4n) is 4.90. The van der Waals surface area contributed by atoms with Crippen LogP contribution in [0, 0.1) is 0 Å². The van der Waals surface area contributed by atoms with E-state index in [4.69, 9.17) is 25.8 Å². The highest BCUT2D eigenvalue weighted by Gasteiger charge is 2.38. The molecule has 3 heterocycles. The molecule has 0 radical (unpaired) electrons. The Morgan fingerprint density at radius 1 is 1.13 bits per heavy atom. The lowest BCUT2D eigenvalue weighted by molar-refractivity contribution is 0.0557. The largest absolute Gasteiger partial charge is 0.482 e. The first kappa shape index (κ1) is 21.0. The molecule has 2 fully saturated rings. The third-order valence-electron chi connectivity index (χ3n) is 6.60. The highest BCUT2D eigenvalue weighted by atomic mass is 35.5. The van der Waals surface area contributed by atoms with Gasteiger partial charge in [-0.05, 0) is 56.5 Å². The monoisotopic (exact) mass is 457 g/mol. The lowest BCUT2D eigenvalue weighted by Crippen LogP contribution is -2.40. The number of ether oxygens (including phenoxy) is 3. The van der Waals surface area contributed by atoms with Crippen molar-refractivity contribution in [2.45, 2.75) is 60.4 Å². The van der Waals surface area contributed by atoms with Crippen molar-refractivity contribution in [2.75, 3.05) is 13.8 Å². The molecule has 0 aliphatic carbocycles. The Hall–Kier alpha value is -1.82. The van der Waals surface area contributed by atoms with Crippen molar-refractivity contribution in [3.8, 4) is 5.75 Å². The van der Waals surface area contributed by atoms with Gasteiger partial charge >= 0.3 is 0 Å². The maximum absolute atomic E-state index is 6.69. The number of rotatable bonds is 7. The summed E-state index contributed by atoms with van der Waals surface area (Å²) >= 11 is 8.61. The van der Waals surface area contributed by atoms with Crippen LogP contribution in [0.4, 0.5) is 0 Å². The predicted octanol–water partition coefficient (Wildman–Crippen LogP) is 5.89. The van der Waals surface area contributed by atoms with Crippen molar-refractivity contribution in [2.24, 2.45) is 0 Å². The van der Waals surface area contributed by atoms with Gasteiger partial charge in [0.15, 0.2) is 11.9 Å². The van der Waals surface area contributed by atoms with Crippen LogP contribution >= 0.6 is 23.4 Å². The molecular formula is C25H28ClNO3S. The summed E-state index contributed by atoms with van der Waals surface area (Å²) in [5.41, 5.74) is 1.18. The van der Waals surface area contributed by atoms with E-state index in [9.17, 15) is 0 Å². The average Bonchev–Trinajstić information content (AvgIpc) is 3.36. The van der Waals surface area contributed by atoms with Gasteiger partial charge in [-0.1, -0.05) is 41.9 Å². The third-order valence-corrected chi connectivity index (χ3v) is 8.36. The summed E-state index contributed by atoms with van der Waals surface area (Å²) in [6, 6.07) is 17.8. The number of piperidine rings is 1. The molecule has 4 nitrogen and oxygen atoms in total. The molecule has 31 heavy (non-hydrogen) atoms. The number of hydrogen-bond acceptors (Lipinski definition) is 5. The molecular weight excluding hydrogens is 430 g/mol. The highest BCUT2D eigenvalue weighted by Crippen LogP contribution is 2.43. The first-order valence-corrected chi connectivity index (χ1v) is 12.2. The van der Waals surface area contributed by atoms with Gasteiger partial charge in [-0.25, -0.2) is 0 Å². The Labute approximate surface area is 193 Å². The van der Waals surface area contributed by atoms with E-state index < -0.39 is 0 Å². The quantitative estimate of drug-likeness (QED) is 0.517. The van der Waals surface area contributed by atoms with Crippen LogP contribution < -0.4 is 4.74 Å². The third kappa shape index (κ3) is 4.84. The minimum Gasteiger partial charge on any atom is -0.482 e. The molecule has 6 heteroatoms. The summed E-state index contributed by atoms with van der Waals surface area (Å²) < 4.78 is 17.2. The van der Waals surface area contributed by atoms with Gasteiger partial charge in [-0.2, -0.15) is 0 Å². The minimum atomic E-state index is -0.260. The van der Waals surface area contributed by atoms with Crippen LogP contribution in [0.15, 0.2) is 65.4 Å². The highest BCUT2D eigenvalue weighted by molar-refractivity contribution is 8.00. The summed E-state index contributed by atoms with van der Waals surface area (Å²) in [5.74, 6) is 1.45.